The maximum absolute atomic E-state index is 12.7. The summed E-state index contributed by atoms with van der Waals surface area (Å²) in [6.45, 7) is 4.04. The fourth-order valence-corrected chi connectivity index (χ4v) is 3.37. The topological polar surface area (TPSA) is 61.2 Å². The highest BCUT2D eigenvalue weighted by molar-refractivity contribution is 6.22. The van der Waals surface area contributed by atoms with E-state index in [1.165, 1.54) is 4.90 Å². The van der Waals surface area contributed by atoms with Crippen molar-refractivity contribution in [1.29, 1.82) is 5.26 Å². The highest BCUT2D eigenvalue weighted by Gasteiger charge is 2.50. The van der Waals surface area contributed by atoms with Gasteiger partial charge in [-0.1, -0.05) is 18.6 Å². The van der Waals surface area contributed by atoms with Crippen LogP contribution in [0.2, 0.25) is 0 Å². The van der Waals surface area contributed by atoms with Crippen LogP contribution in [0.4, 0.5) is 0 Å². The number of benzene rings is 1. The molecule has 0 aromatic heterocycles. The molecule has 4 heteroatoms. The minimum Gasteiger partial charge on any atom is -0.269 e. The first-order chi connectivity index (χ1) is 9.98. The Morgan fingerprint density at radius 2 is 1.81 bits per heavy atom. The number of aryl methyl sites for hydroxylation is 1. The molecule has 2 aliphatic rings. The van der Waals surface area contributed by atoms with Crippen LogP contribution >= 0.6 is 0 Å². The van der Waals surface area contributed by atoms with Gasteiger partial charge in [-0.25, -0.2) is 0 Å². The molecule has 0 bridgehead atoms. The van der Waals surface area contributed by atoms with Gasteiger partial charge in [-0.05, 0) is 50.7 Å². The zero-order chi connectivity index (χ0) is 15.2. The minimum atomic E-state index is -0.965. The summed E-state index contributed by atoms with van der Waals surface area (Å²) in [5.41, 5.74) is 0.847. The highest BCUT2D eigenvalue weighted by atomic mass is 16.2. The third-order valence-corrected chi connectivity index (χ3v) is 4.78. The van der Waals surface area contributed by atoms with Gasteiger partial charge in [-0.2, -0.15) is 5.26 Å². The normalized spacial score (nSPS) is 28.4. The molecular weight excluding hydrogens is 264 g/mol. The summed E-state index contributed by atoms with van der Waals surface area (Å²) in [4.78, 5) is 26.5. The standard InChI is InChI=1S/C17H18N2O2/c1-11-5-7-17(10-18,8-6-11)19-15(20)13-4-3-12(2)9-14(13)16(19)21/h3-4,9,11H,5-8H2,1-2H3. The summed E-state index contributed by atoms with van der Waals surface area (Å²) in [6.07, 6.45) is 2.91. The Morgan fingerprint density at radius 3 is 2.43 bits per heavy atom. The van der Waals surface area contributed by atoms with Gasteiger partial charge >= 0.3 is 0 Å². The predicted octanol–water partition coefficient (Wildman–Crippen LogP) is 3.06. The number of nitrogens with zero attached hydrogens (tertiary/aromatic N) is 2. The van der Waals surface area contributed by atoms with Crippen LogP contribution in [-0.2, 0) is 0 Å². The lowest BCUT2D eigenvalue weighted by atomic mass is 9.77. The SMILES string of the molecule is Cc1ccc2c(c1)C(=O)N(C1(C#N)CCC(C)CC1)C2=O. The molecule has 0 spiro atoms. The molecule has 108 valence electrons. The van der Waals surface area contributed by atoms with Crippen LogP contribution in [0.15, 0.2) is 18.2 Å². The van der Waals surface area contributed by atoms with E-state index in [1.807, 2.05) is 13.0 Å². The zero-order valence-corrected chi connectivity index (χ0v) is 12.3. The van der Waals surface area contributed by atoms with Crippen LogP contribution in [0.1, 0.15) is 58.9 Å². The Balaban J connectivity index is 2.03. The van der Waals surface area contributed by atoms with E-state index in [0.717, 1.165) is 18.4 Å². The molecule has 0 N–H and O–H groups in total. The van der Waals surface area contributed by atoms with Crippen molar-refractivity contribution >= 4 is 11.8 Å². The van der Waals surface area contributed by atoms with Crippen LogP contribution in [-0.4, -0.2) is 22.3 Å². The summed E-state index contributed by atoms with van der Waals surface area (Å²) in [5, 5.41) is 9.66. The van der Waals surface area contributed by atoms with Crippen molar-refractivity contribution in [1.82, 2.24) is 4.90 Å². The summed E-state index contributed by atoms with van der Waals surface area (Å²) in [6, 6.07) is 7.54. The third kappa shape index (κ3) is 1.96. The van der Waals surface area contributed by atoms with E-state index < -0.39 is 5.54 Å². The average molecular weight is 282 g/mol. The molecule has 1 fully saturated rings. The van der Waals surface area contributed by atoms with Crippen molar-refractivity contribution in [2.45, 2.75) is 45.1 Å². The van der Waals surface area contributed by atoms with Gasteiger partial charge in [0.1, 0.15) is 5.54 Å². The number of rotatable bonds is 1. The van der Waals surface area contributed by atoms with Gasteiger partial charge in [0.2, 0.25) is 0 Å². The maximum atomic E-state index is 12.7. The van der Waals surface area contributed by atoms with E-state index in [-0.39, 0.29) is 11.8 Å². The van der Waals surface area contributed by atoms with Crippen LogP contribution in [0, 0.1) is 24.2 Å². The monoisotopic (exact) mass is 282 g/mol. The molecule has 0 atom stereocenters. The van der Waals surface area contributed by atoms with Gasteiger partial charge in [-0.15, -0.1) is 0 Å². The Labute approximate surface area is 124 Å². The van der Waals surface area contributed by atoms with Crippen molar-refractivity contribution in [2.75, 3.05) is 0 Å². The molecule has 3 rings (SSSR count). The Hall–Kier alpha value is -2.15. The first kappa shape index (κ1) is 13.8. The summed E-state index contributed by atoms with van der Waals surface area (Å²) in [5.74, 6) is -0.0789. The van der Waals surface area contributed by atoms with Gasteiger partial charge in [0.05, 0.1) is 17.2 Å². The van der Waals surface area contributed by atoms with E-state index in [1.54, 1.807) is 12.1 Å². The minimum absolute atomic E-state index is 0.310. The van der Waals surface area contributed by atoms with Crippen molar-refractivity contribution in [3.8, 4) is 6.07 Å². The lowest BCUT2D eigenvalue weighted by molar-refractivity contribution is 0.0421. The molecule has 0 unspecified atom stereocenters. The molecule has 1 aliphatic carbocycles. The highest BCUT2D eigenvalue weighted by Crippen LogP contribution is 2.40. The number of amides is 2. The molecule has 4 nitrogen and oxygen atoms in total. The van der Waals surface area contributed by atoms with Crippen LogP contribution in [0.3, 0.4) is 0 Å². The van der Waals surface area contributed by atoms with E-state index in [4.69, 9.17) is 0 Å². The fourth-order valence-electron chi connectivity index (χ4n) is 3.37. The van der Waals surface area contributed by atoms with Crippen molar-refractivity contribution in [2.24, 2.45) is 5.92 Å². The van der Waals surface area contributed by atoms with Crippen LogP contribution < -0.4 is 0 Å². The van der Waals surface area contributed by atoms with Gasteiger partial charge in [0.15, 0.2) is 0 Å². The smallest absolute Gasteiger partial charge is 0.262 e. The first-order valence-corrected chi connectivity index (χ1v) is 7.39. The van der Waals surface area contributed by atoms with Crippen molar-refractivity contribution < 1.29 is 9.59 Å². The largest absolute Gasteiger partial charge is 0.269 e. The molecule has 2 amide bonds. The molecule has 0 saturated heterocycles. The Kier molecular flexibility index (Phi) is 3.09. The molecule has 1 heterocycles. The molecule has 1 aromatic carbocycles. The van der Waals surface area contributed by atoms with E-state index in [0.29, 0.717) is 29.9 Å². The average Bonchev–Trinajstić information content (AvgIpc) is 2.73. The summed E-state index contributed by atoms with van der Waals surface area (Å²) < 4.78 is 0. The van der Waals surface area contributed by atoms with E-state index >= 15 is 0 Å². The van der Waals surface area contributed by atoms with Gasteiger partial charge in [-0.3, -0.25) is 14.5 Å². The lowest BCUT2D eigenvalue weighted by Gasteiger charge is -2.39. The molecule has 0 radical (unpaired) electrons. The molecule has 1 saturated carbocycles. The quantitative estimate of drug-likeness (QED) is 0.744. The number of imide groups is 1. The fraction of sp³-hybridized carbons (Fsp3) is 0.471. The Bertz CT molecular complexity index is 664. The molecular formula is C17H18N2O2. The predicted molar refractivity (Wildman–Crippen MR) is 77.7 cm³/mol. The zero-order valence-electron chi connectivity index (χ0n) is 12.3. The van der Waals surface area contributed by atoms with Gasteiger partial charge < -0.3 is 0 Å². The van der Waals surface area contributed by atoms with E-state index in [2.05, 4.69) is 13.0 Å². The van der Waals surface area contributed by atoms with E-state index in [9.17, 15) is 14.9 Å². The molecule has 1 aromatic rings. The van der Waals surface area contributed by atoms with Gasteiger partial charge in [0.25, 0.3) is 11.8 Å². The van der Waals surface area contributed by atoms with Gasteiger partial charge in [0, 0.05) is 0 Å². The number of hydrogen-bond acceptors (Lipinski definition) is 3. The van der Waals surface area contributed by atoms with Crippen molar-refractivity contribution in [3.05, 3.63) is 34.9 Å². The number of hydrogen-bond donors (Lipinski definition) is 0. The lowest BCUT2D eigenvalue weighted by Crippen LogP contribution is -2.52. The second-order valence-corrected chi connectivity index (χ2v) is 6.32. The number of carbonyl (C=O) groups is 2. The Morgan fingerprint density at radius 1 is 1.19 bits per heavy atom. The number of carbonyl (C=O) groups excluding carboxylic acids is 2. The molecule has 21 heavy (non-hydrogen) atoms. The summed E-state index contributed by atoms with van der Waals surface area (Å²) in [7, 11) is 0. The first-order valence-electron chi connectivity index (χ1n) is 7.39. The molecule has 1 aliphatic heterocycles. The summed E-state index contributed by atoms with van der Waals surface area (Å²) >= 11 is 0. The van der Waals surface area contributed by atoms with Crippen LogP contribution in [0.5, 0.6) is 0 Å². The number of fused-ring (bicyclic) bond motifs is 1. The van der Waals surface area contributed by atoms with Crippen LogP contribution in [0.25, 0.3) is 0 Å². The number of nitriles is 1. The second kappa shape index (κ2) is 4.70. The third-order valence-electron chi connectivity index (χ3n) is 4.78. The second-order valence-electron chi connectivity index (χ2n) is 6.32. The van der Waals surface area contributed by atoms with Crippen molar-refractivity contribution in [3.63, 3.8) is 0 Å². The maximum Gasteiger partial charge on any atom is 0.262 e.